The Bertz CT molecular complexity index is 809. The van der Waals surface area contributed by atoms with E-state index in [0.717, 1.165) is 21.4 Å². The summed E-state index contributed by atoms with van der Waals surface area (Å²) in [5.74, 6) is 0. The number of halogens is 3. The summed E-state index contributed by atoms with van der Waals surface area (Å²) in [5, 5.41) is 3.94. The summed E-state index contributed by atoms with van der Waals surface area (Å²) in [4.78, 5) is 3.96. The maximum Gasteiger partial charge on any atom is 0.267 e. The van der Waals surface area contributed by atoms with E-state index in [9.17, 15) is 17.2 Å². The molecule has 0 N–H and O–H groups in total. The Hall–Kier alpha value is -1.74. The van der Waals surface area contributed by atoms with Crippen LogP contribution in [-0.4, -0.2) is 36.2 Å². The molecule has 3 heterocycles. The third-order valence-corrected chi connectivity index (χ3v) is 5.33. The van der Waals surface area contributed by atoms with Crippen LogP contribution < -0.4 is 4.31 Å². The van der Waals surface area contributed by atoms with Gasteiger partial charge < -0.3 is 0 Å². The van der Waals surface area contributed by atoms with E-state index in [-0.39, 0.29) is 16.5 Å². The van der Waals surface area contributed by atoms with Crippen molar-refractivity contribution in [1.29, 1.82) is 0 Å². The highest BCUT2D eigenvalue weighted by molar-refractivity contribution is 7.92. The van der Waals surface area contributed by atoms with E-state index in [2.05, 4.69) is 10.1 Å². The van der Waals surface area contributed by atoms with Crippen LogP contribution in [0, 0.1) is 0 Å². The smallest absolute Gasteiger partial charge is 0.266 e. The largest absolute Gasteiger partial charge is 0.267 e. The average molecular weight is 349 g/mol. The molecule has 0 spiro atoms. The maximum atomic E-state index is 12.6. The van der Waals surface area contributed by atoms with Crippen molar-refractivity contribution < 1.29 is 17.2 Å². The molecule has 2 aromatic heterocycles. The molecule has 118 valence electrons. The van der Waals surface area contributed by atoms with Crippen molar-refractivity contribution in [3.8, 4) is 0 Å². The van der Waals surface area contributed by atoms with Crippen LogP contribution in [-0.2, 0) is 23.0 Å². The molecule has 0 aromatic carbocycles. The molecule has 0 amide bonds. The summed E-state index contributed by atoms with van der Waals surface area (Å²) in [5.41, 5.74) is 0.932. The first-order valence-corrected chi connectivity index (χ1v) is 8.18. The minimum atomic E-state index is -3.91. The number of nitrogens with zero attached hydrogens (tertiary/aromatic N) is 4. The van der Waals surface area contributed by atoms with E-state index in [1.54, 1.807) is 0 Å². The van der Waals surface area contributed by atoms with Crippen molar-refractivity contribution in [2.75, 3.05) is 10.8 Å². The second-order valence-corrected chi connectivity index (χ2v) is 6.97. The van der Waals surface area contributed by atoms with Gasteiger partial charge in [-0.1, -0.05) is 11.6 Å². The van der Waals surface area contributed by atoms with Gasteiger partial charge in [-0.3, -0.25) is 14.0 Å². The summed E-state index contributed by atoms with van der Waals surface area (Å²) in [6.07, 6.45) is 1.49. The van der Waals surface area contributed by atoms with Crippen molar-refractivity contribution in [3.05, 3.63) is 35.4 Å². The first-order chi connectivity index (χ1) is 10.4. The Kier molecular flexibility index (Phi) is 3.77. The first kappa shape index (κ1) is 15.2. The van der Waals surface area contributed by atoms with Gasteiger partial charge in [0.05, 0.1) is 22.6 Å². The van der Waals surface area contributed by atoms with E-state index >= 15 is 0 Å². The molecule has 0 saturated heterocycles. The molecule has 1 aliphatic rings. The SMILES string of the molecule is O=S(=O)(c1cnn(CC(F)F)c1)N1CCc2nccc(Cl)c21. The number of fused-ring (bicyclic) bond motifs is 1. The summed E-state index contributed by atoms with van der Waals surface area (Å²) in [6.45, 7) is -0.456. The fourth-order valence-electron chi connectivity index (χ4n) is 2.32. The monoisotopic (exact) mass is 348 g/mol. The molecule has 0 atom stereocenters. The van der Waals surface area contributed by atoms with Gasteiger partial charge in [0, 0.05) is 25.4 Å². The Morgan fingerprint density at radius 1 is 1.41 bits per heavy atom. The van der Waals surface area contributed by atoms with Crippen molar-refractivity contribution in [2.45, 2.75) is 24.3 Å². The lowest BCUT2D eigenvalue weighted by Crippen LogP contribution is -2.29. The van der Waals surface area contributed by atoms with E-state index in [4.69, 9.17) is 11.6 Å². The van der Waals surface area contributed by atoms with Crippen LogP contribution in [0.25, 0.3) is 0 Å². The molecule has 0 fully saturated rings. The summed E-state index contributed by atoms with van der Waals surface area (Å²) < 4.78 is 52.0. The van der Waals surface area contributed by atoms with Gasteiger partial charge in [0.25, 0.3) is 16.4 Å². The molecule has 3 rings (SSSR count). The van der Waals surface area contributed by atoms with Gasteiger partial charge in [0.2, 0.25) is 0 Å². The molecule has 2 aromatic rings. The van der Waals surface area contributed by atoms with Gasteiger partial charge >= 0.3 is 0 Å². The number of anilines is 1. The third-order valence-electron chi connectivity index (χ3n) is 3.27. The van der Waals surface area contributed by atoms with Crippen molar-refractivity contribution in [1.82, 2.24) is 14.8 Å². The van der Waals surface area contributed by atoms with Crippen molar-refractivity contribution in [2.24, 2.45) is 0 Å². The number of hydrogen-bond acceptors (Lipinski definition) is 4. The van der Waals surface area contributed by atoms with Gasteiger partial charge in [0.15, 0.2) is 0 Å². The third kappa shape index (κ3) is 2.54. The molecule has 0 saturated carbocycles. The quantitative estimate of drug-likeness (QED) is 0.847. The van der Waals surface area contributed by atoms with Crippen LogP contribution in [0.2, 0.25) is 5.02 Å². The lowest BCUT2D eigenvalue weighted by molar-refractivity contribution is 0.121. The number of hydrogen-bond donors (Lipinski definition) is 0. The minimum Gasteiger partial charge on any atom is -0.266 e. The highest BCUT2D eigenvalue weighted by Gasteiger charge is 2.34. The predicted molar refractivity (Wildman–Crippen MR) is 75.7 cm³/mol. The Labute approximate surface area is 130 Å². The van der Waals surface area contributed by atoms with Gasteiger partial charge in [0.1, 0.15) is 11.4 Å². The van der Waals surface area contributed by atoms with E-state index in [1.807, 2.05) is 0 Å². The van der Waals surface area contributed by atoms with Crippen molar-refractivity contribution >= 4 is 27.3 Å². The van der Waals surface area contributed by atoms with Crippen LogP contribution in [0.3, 0.4) is 0 Å². The van der Waals surface area contributed by atoms with Gasteiger partial charge in [-0.15, -0.1) is 0 Å². The second kappa shape index (κ2) is 5.47. The molecule has 22 heavy (non-hydrogen) atoms. The van der Waals surface area contributed by atoms with E-state index < -0.39 is 23.0 Å². The number of pyridine rings is 1. The topological polar surface area (TPSA) is 68.1 Å². The summed E-state index contributed by atoms with van der Waals surface area (Å²) in [6, 6.07) is 1.51. The number of alkyl halides is 2. The van der Waals surface area contributed by atoms with Crippen LogP contribution in [0.15, 0.2) is 29.6 Å². The fourth-order valence-corrected chi connectivity index (χ4v) is 4.11. The Balaban J connectivity index is 1.97. The first-order valence-electron chi connectivity index (χ1n) is 6.36. The summed E-state index contributed by atoms with van der Waals surface area (Å²) >= 11 is 6.07. The average Bonchev–Trinajstić information content (AvgIpc) is 3.05. The lowest BCUT2D eigenvalue weighted by Gasteiger charge is -2.18. The number of aromatic nitrogens is 3. The molecule has 0 bridgehead atoms. The zero-order chi connectivity index (χ0) is 15.9. The number of sulfonamides is 1. The molecule has 0 aliphatic carbocycles. The second-order valence-electron chi connectivity index (χ2n) is 4.70. The van der Waals surface area contributed by atoms with Crippen LogP contribution in [0.4, 0.5) is 14.5 Å². The normalized spacial score (nSPS) is 14.6. The Morgan fingerprint density at radius 2 is 2.18 bits per heavy atom. The molecule has 0 radical (unpaired) electrons. The standard InChI is InChI=1S/C12H11ClF2N4O2S/c13-9-1-3-16-10-2-4-19(12(9)10)22(20,21)8-5-17-18(6-8)7-11(14)15/h1,3,5-6,11H,2,4,7H2. The molecule has 10 heteroatoms. The zero-order valence-electron chi connectivity index (χ0n) is 11.2. The predicted octanol–water partition coefficient (Wildman–Crippen LogP) is 1.95. The molecule has 1 aliphatic heterocycles. The van der Waals surface area contributed by atoms with Crippen molar-refractivity contribution in [3.63, 3.8) is 0 Å². The number of rotatable bonds is 4. The van der Waals surface area contributed by atoms with E-state index in [0.29, 0.717) is 17.8 Å². The molecular formula is C12H11ClF2N4O2S. The zero-order valence-corrected chi connectivity index (χ0v) is 12.7. The Morgan fingerprint density at radius 3 is 2.91 bits per heavy atom. The maximum absolute atomic E-state index is 12.6. The highest BCUT2D eigenvalue weighted by Crippen LogP contribution is 2.37. The lowest BCUT2D eigenvalue weighted by atomic mass is 10.3. The van der Waals surface area contributed by atoms with Gasteiger partial charge in [-0.2, -0.15) is 5.10 Å². The van der Waals surface area contributed by atoms with Gasteiger partial charge in [-0.25, -0.2) is 17.2 Å². The van der Waals surface area contributed by atoms with Gasteiger partial charge in [-0.05, 0) is 6.07 Å². The molecule has 6 nitrogen and oxygen atoms in total. The fraction of sp³-hybridized carbons (Fsp3) is 0.333. The minimum absolute atomic E-state index is 0.152. The van der Waals surface area contributed by atoms with Crippen LogP contribution in [0.5, 0.6) is 0 Å². The molecular weight excluding hydrogens is 338 g/mol. The van der Waals surface area contributed by atoms with Crippen LogP contribution >= 0.6 is 11.6 Å². The van der Waals surface area contributed by atoms with Crippen LogP contribution in [0.1, 0.15) is 5.69 Å². The molecule has 0 unspecified atom stereocenters. The van der Waals surface area contributed by atoms with E-state index in [1.165, 1.54) is 12.3 Å². The highest BCUT2D eigenvalue weighted by atomic mass is 35.5. The summed E-state index contributed by atoms with van der Waals surface area (Å²) in [7, 11) is -3.91.